The molecule has 0 amide bonds. The number of nitrogens with zero attached hydrogens (tertiary/aromatic N) is 2. The predicted octanol–water partition coefficient (Wildman–Crippen LogP) is 3.51. The van der Waals surface area contributed by atoms with Crippen LogP contribution in [-0.2, 0) is 16.0 Å². The van der Waals surface area contributed by atoms with Crippen LogP contribution in [0, 0.1) is 0 Å². The van der Waals surface area contributed by atoms with E-state index in [0.29, 0.717) is 29.7 Å². The van der Waals surface area contributed by atoms with Crippen LogP contribution in [-0.4, -0.2) is 28.7 Å². The number of thiophene rings is 1. The molecule has 0 saturated carbocycles. The van der Waals surface area contributed by atoms with E-state index in [1.165, 1.54) is 11.3 Å². The Balaban J connectivity index is 1.50. The average Bonchev–Trinajstić information content (AvgIpc) is 3.32. The summed E-state index contributed by atoms with van der Waals surface area (Å²) >= 11 is 1.54. The molecule has 0 aliphatic heterocycles. The summed E-state index contributed by atoms with van der Waals surface area (Å²) in [6.07, 6.45) is 0.391. The molecule has 2 heterocycles. The maximum Gasteiger partial charge on any atom is 0.338 e. The normalized spacial score (nSPS) is 10.5. The van der Waals surface area contributed by atoms with Crippen LogP contribution in [0.3, 0.4) is 0 Å². The maximum absolute atomic E-state index is 11.9. The van der Waals surface area contributed by atoms with E-state index in [2.05, 4.69) is 10.2 Å². The first kappa shape index (κ1) is 17.8. The lowest BCUT2D eigenvalue weighted by molar-refractivity contribution is -0.134. The van der Waals surface area contributed by atoms with E-state index in [4.69, 9.17) is 13.9 Å². The minimum Gasteiger partial charge on any atom is -0.462 e. The zero-order chi connectivity index (χ0) is 18.4. The van der Waals surface area contributed by atoms with Gasteiger partial charge >= 0.3 is 11.9 Å². The van der Waals surface area contributed by atoms with Gasteiger partial charge in [0.25, 0.3) is 0 Å². The van der Waals surface area contributed by atoms with Gasteiger partial charge < -0.3 is 13.9 Å². The fraction of sp³-hybridized carbons (Fsp3) is 0.222. The Morgan fingerprint density at radius 2 is 1.96 bits per heavy atom. The lowest BCUT2D eigenvalue weighted by Crippen LogP contribution is -2.09. The van der Waals surface area contributed by atoms with Crippen LogP contribution in [0.4, 0.5) is 0 Å². The predicted molar refractivity (Wildman–Crippen MR) is 94.0 cm³/mol. The van der Waals surface area contributed by atoms with Gasteiger partial charge in [0.2, 0.25) is 11.8 Å². The Labute approximate surface area is 153 Å². The second-order valence-corrected chi connectivity index (χ2v) is 6.01. The number of esters is 2. The molecule has 1 aromatic carbocycles. The smallest absolute Gasteiger partial charge is 0.338 e. The van der Waals surface area contributed by atoms with E-state index in [1.807, 2.05) is 16.8 Å². The molecule has 0 N–H and O–H groups in total. The highest BCUT2D eigenvalue weighted by molar-refractivity contribution is 7.08. The van der Waals surface area contributed by atoms with Crippen molar-refractivity contribution < 1.29 is 23.5 Å². The van der Waals surface area contributed by atoms with Gasteiger partial charge in [0.05, 0.1) is 18.6 Å². The highest BCUT2D eigenvalue weighted by Gasteiger charge is 2.13. The Bertz CT molecular complexity index is 871. The first-order chi connectivity index (χ1) is 12.7. The monoisotopic (exact) mass is 372 g/mol. The topological polar surface area (TPSA) is 91.5 Å². The Kier molecular flexibility index (Phi) is 5.75. The molecule has 134 valence electrons. The molecular formula is C18H16N2O5S. The molecule has 0 fully saturated rings. The molecule has 8 heteroatoms. The fourth-order valence-corrected chi connectivity index (χ4v) is 2.75. The summed E-state index contributed by atoms with van der Waals surface area (Å²) in [6, 6.07) is 8.07. The lowest BCUT2D eigenvalue weighted by Gasteiger charge is -2.05. The van der Waals surface area contributed by atoms with Crippen molar-refractivity contribution in [3.63, 3.8) is 0 Å². The molecule has 0 spiro atoms. The lowest BCUT2D eigenvalue weighted by atomic mass is 10.2. The zero-order valence-electron chi connectivity index (χ0n) is 14.0. The van der Waals surface area contributed by atoms with Crippen molar-refractivity contribution in [2.45, 2.75) is 19.8 Å². The summed E-state index contributed by atoms with van der Waals surface area (Å²) in [7, 11) is 0. The summed E-state index contributed by atoms with van der Waals surface area (Å²) < 4.78 is 15.6. The fourth-order valence-electron chi connectivity index (χ4n) is 2.12. The second-order valence-electron chi connectivity index (χ2n) is 5.23. The Morgan fingerprint density at radius 1 is 1.15 bits per heavy atom. The van der Waals surface area contributed by atoms with Crippen molar-refractivity contribution in [3.8, 4) is 17.2 Å². The first-order valence-corrected chi connectivity index (χ1v) is 8.93. The highest BCUT2D eigenvalue weighted by atomic mass is 32.1. The van der Waals surface area contributed by atoms with Gasteiger partial charge in [-0.25, -0.2) is 4.79 Å². The van der Waals surface area contributed by atoms with E-state index in [-0.39, 0.29) is 12.8 Å². The summed E-state index contributed by atoms with van der Waals surface area (Å²) in [6.45, 7) is 2.04. The van der Waals surface area contributed by atoms with Crippen molar-refractivity contribution in [1.29, 1.82) is 0 Å². The van der Waals surface area contributed by atoms with Crippen LogP contribution >= 0.6 is 11.3 Å². The summed E-state index contributed by atoms with van der Waals surface area (Å²) in [5.74, 6) is 0.324. The van der Waals surface area contributed by atoms with Gasteiger partial charge in [-0.05, 0) is 42.6 Å². The van der Waals surface area contributed by atoms with Crippen LogP contribution in [0.15, 0.2) is 45.5 Å². The molecule has 0 aliphatic carbocycles. The van der Waals surface area contributed by atoms with E-state index in [1.54, 1.807) is 31.2 Å². The summed E-state index contributed by atoms with van der Waals surface area (Å²) in [4.78, 5) is 23.5. The largest absolute Gasteiger partial charge is 0.462 e. The van der Waals surface area contributed by atoms with E-state index < -0.39 is 11.9 Å². The van der Waals surface area contributed by atoms with Gasteiger partial charge in [0.1, 0.15) is 5.75 Å². The minimum absolute atomic E-state index is 0.102. The number of hydrogen-bond acceptors (Lipinski definition) is 8. The number of carbonyl (C=O) groups is 2. The van der Waals surface area contributed by atoms with Crippen molar-refractivity contribution in [2.75, 3.05) is 6.61 Å². The molecule has 0 unspecified atom stereocenters. The number of aryl methyl sites for hydroxylation is 1. The van der Waals surface area contributed by atoms with Gasteiger partial charge in [-0.1, -0.05) is 0 Å². The Hall–Kier alpha value is -3.00. The molecule has 3 rings (SSSR count). The number of rotatable bonds is 7. The quantitative estimate of drug-likeness (QED) is 0.463. The summed E-state index contributed by atoms with van der Waals surface area (Å²) in [5, 5.41) is 11.7. The van der Waals surface area contributed by atoms with Crippen LogP contribution in [0.2, 0.25) is 0 Å². The standard InChI is InChI=1S/C18H16N2O5S/c1-2-23-18(22)12-3-5-14(6-4-12)24-16(21)8-7-15-19-20-17(25-15)13-9-10-26-11-13/h3-6,9-11H,2,7-8H2,1H3. The zero-order valence-corrected chi connectivity index (χ0v) is 14.8. The third kappa shape index (κ3) is 4.54. The molecule has 0 atom stereocenters. The molecule has 7 nitrogen and oxygen atoms in total. The first-order valence-electron chi connectivity index (χ1n) is 7.98. The molecule has 0 aliphatic rings. The molecule has 0 saturated heterocycles. The van der Waals surface area contributed by atoms with Crippen molar-refractivity contribution in [1.82, 2.24) is 10.2 Å². The maximum atomic E-state index is 11.9. The van der Waals surface area contributed by atoms with Gasteiger partial charge in [0, 0.05) is 17.4 Å². The van der Waals surface area contributed by atoms with Gasteiger partial charge in [-0.15, -0.1) is 10.2 Å². The number of hydrogen-bond donors (Lipinski definition) is 0. The number of carbonyl (C=O) groups excluding carboxylic acids is 2. The number of ether oxygens (including phenoxy) is 2. The molecule has 2 aromatic heterocycles. The number of benzene rings is 1. The highest BCUT2D eigenvalue weighted by Crippen LogP contribution is 2.21. The molecule has 0 radical (unpaired) electrons. The van der Waals surface area contributed by atoms with Gasteiger partial charge in [-0.3, -0.25) is 4.79 Å². The van der Waals surface area contributed by atoms with Crippen molar-refractivity contribution >= 4 is 23.3 Å². The van der Waals surface area contributed by atoms with Crippen LogP contribution in [0.5, 0.6) is 5.75 Å². The molecule has 3 aromatic rings. The summed E-state index contributed by atoms with van der Waals surface area (Å²) in [5.41, 5.74) is 1.26. The average molecular weight is 372 g/mol. The van der Waals surface area contributed by atoms with Crippen molar-refractivity contribution in [3.05, 3.63) is 52.5 Å². The second kappa shape index (κ2) is 8.39. The SMILES string of the molecule is CCOC(=O)c1ccc(OC(=O)CCc2nnc(-c3ccsc3)o2)cc1. The molecule has 0 bridgehead atoms. The number of aromatic nitrogens is 2. The van der Waals surface area contributed by atoms with Crippen LogP contribution < -0.4 is 4.74 Å². The van der Waals surface area contributed by atoms with E-state index >= 15 is 0 Å². The van der Waals surface area contributed by atoms with E-state index in [0.717, 1.165) is 5.56 Å². The molecule has 26 heavy (non-hydrogen) atoms. The molecular weight excluding hydrogens is 356 g/mol. The minimum atomic E-state index is -0.427. The van der Waals surface area contributed by atoms with Gasteiger partial charge in [-0.2, -0.15) is 11.3 Å². The third-order valence-corrected chi connectivity index (χ3v) is 4.06. The van der Waals surface area contributed by atoms with Crippen LogP contribution in [0.25, 0.3) is 11.5 Å². The third-order valence-electron chi connectivity index (χ3n) is 3.38. The Morgan fingerprint density at radius 3 is 2.65 bits per heavy atom. The van der Waals surface area contributed by atoms with E-state index in [9.17, 15) is 9.59 Å². The van der Waals surface area contributed by atoms with Gasteiger partial charge in [0.15, 0.2) is 0 Å². The van der Waals surface area contributed by atoms with Crippen molar-refractivity contribution in [2.24, 2.45) is 0 Å². The van der Waals surface area contributed by atoms with Crippen LogP contribution in [0.1, 0.15) is 29.6 Å².